The fourth-order valence-electron chi connectivity index (χ4n) is 1.94. The third-order valence-corrected chi connectivity index (χ3v) is 2.91. The lowest BCUT2D eigenvalue weighted by atomic mass is 10.1. The van der Waals surface area contributed by atoms with Crippen LogP contribution in [-0.4, -0.2) is 18.5 Å². The number of rotatable bonds is 2. The first-order valence-electron chi connectivity index (χ1n) is 5.39. The molecule has 0 bridgehead atoms. The Balaban J connectivity index is 2.24. The van der Waals surface area contributed by atoms with Gasteiger partial charge in [-0.1, -0.05) is 25.1 Å². The molecule has 1 aliphatic rings. The molecule has 0 radical (unpaired) electrons. The second kappa shape index (κ2) is 4.03. The van der Waals surface area contributed by atoms with E-state index in [1.54, 1.807) is 0 Å². The van der Waals surface area contributed by atoms with Gasteiger partial charge in [0.05, 0.1) is 6.04 Å². The molecular formula is C12H16N2O. The smallest absolute Gasteiger partial charge is 0.243 e. The van der Waals surface area contributed by atoms with E-state index in [0.29, 0.717) is 6.42 Å². The van der Waals surface area contributed by atoms with E-state index >= 15 is 0 Å². The maximum Gasteiger partial charge on any atom is 0.243 e. The van der Waals surface area contributed by atoms with E-state index in [-0.39, 0.29) is 11.9 Å². The van der Waals surface area contributed by atoms with Crippen LogP contribution in [-0.2, 0) is 11.2 Å². The number of hydrogen-bond acceptors (Lipinski definition) is 2. The van der Waals surface area contributed by atoms with Gasteiger partial charge in [-0.25, -0.2) is 0 Å². The summed E-state index contributed by atoms with van der Waals surface area (Å²) in [6.07, 6.45) is 1.63. The van der Waals surface area contributed by atoms with Crippen molar-refractivity contribution < 1.29 is 4.79 Å². The molecule has 3 nitrogen and oxygen atoms in total. The van der Waals surface area contributed by atoms with Crippen molar-refractivity contribution in [1.82, 2.24) is 0 Å². The number of amides is 1. The predicted octanol–water partition coefficient (Wildman–Crippen LogP) is 1.31. The van der Waals surface area contributed by atoms with Crippen molar-refractivity contribution in [2.24, 2.45) is 5.73 Å². The van der Waals surface area contributed by atoms with Crippen LogP contribution in [0.25, 0.3) is 0 Å². The number of hydrogen-bond donors (Lipinski definition) is 1. The van der Waals surface area contributed by atoms with Crippen molar-refractivity contribution in [1.29, 1.82) is 0 Å². The molecule has 15 heavy (non-hydrogen) atoms. The highest BCUT2D eigenvalue weighted by atomic mass is 16.2. The third kappa shape index (κ3) is 1.75. The fourth-order valence-corrected chi connectivity index (χ4v) is 1.94. The van der Waals surface area contributed by atoms with Crippen molar-refractivity contribution in [3.63, 3.8) is 0 Å². The van der Waals surface area contributed by atoms with E-state index in [4.69, 9.17) is 5.73 Å². The Labute approximate surface area is 89.9 Å². The van der Waals surface area contributed by atoms with Gasteiger partial charge in [-0.05, 0) is 24.5 Å². The number of carbonyl (C=O) groups is 1. The van der Waals surface area contributed by atoms with Crippen LogP contribution < -0.4 is 10.6 Å². The lowest BCUT2D eigenvalue weighted by Crippen LogP contribution is -2.42. The highest BCUT2D eigenvalue weighted by molar-refractivity contribution is 5.98. The van der Waals surface area contributed by atoms with Gasteiger partial charge in [0.1, 0.15) is 0 Å². The minimum absolute atomic E-state index is 0.0439. The molecule has 1 aromatic rings. The summed E-state index contributed by atoms with van der Waals surface area (Å²) >= 11 is 0. The molecule has 1 aliphatic heterocycles. The Hall–Kier alpha value is -1.35. The number of nitrogens with two attached hydrogens (primary N) is 1. The summed E-state index contributed by atoms with van der Waals surface area (Å²) in [6.45, 7) is 2.70. The maximum absolute atomic E-state index is 11.9. The molecule has 0 aliphatic carbocycles. The van der Waals surface area contributed by atoms with Gasteiger partial charge >= 0.3 is 0 Å². The number of carbonyl (C=O) groups excluding carboxylic acids is 1. The lowest BCUT2D eigenvalue weighted by Gasteiger charge is -2.20. The predicted molar refractivity (Wildman–Crippen MR) is 60.8 cm³/mol. The Morgan fingerprint density at radius 3 is 3.00 bits per heavy atom. The first-order valence-corrected chi connectivity index (χ1v) is 5.39. The number of fused-ring (bicyclic) bond motifs is 1. The van der Waals surface area contributed by atoms with E-state index in [0.717, 1.165) is 18.7 Å². The normalized spacial score (nSPS) is 16.3. The number of anilines is 1. The minimum atomic E-state index is -0.365. The topological polar surface area (TPSA) is 46.3 Å². The molecule has 3 heteroatoms. The SMILES string of the molecule is CCC(N)C(=O)N1CCc2ccccc21. The quantitative estimate of drug-likeness (QED) is 0.789. The van der Waals surface area contributed by atoms with Gasteiger partial charge in [0.2, 0.25) is 5.91 Å². The third-order valence-electron chi connectivity index (χ3n) is 2.91. The average molecular weight is 204 g/mol. The Morgan fingerprint density at radius 2 is 2.27 bits per heavy atom. The standard InChI is InChI=1S/C12H16N2O/c1-2-10(13)12(15)14-8-7-9-5-3-4-6-11(9)14/h3-6,10H,2,7-8,13H2,1H3. The molecule has 1 atom stereocenters. The number of nitrogens with zero attached hydrogens (tertiary/aromatic N) is 1. The van der Waals surface area contributed by atoms with Crippen LogP contribution >= 0.6 is 0 Å². The van der Waals surface area contributed by atoms with Gasteiger partial charge in [-0.15, -0.1) is 0 Å². The highest BCUT2D eigenvalue weighted by Gasteiger charge is 2.26. The van der Waals surface area contributed by atoms with Gasteiger partial charge in [0.15, 0.2) is 0 Å². The number of benzene rings is 1. The lowest BCUT2D eigenvalue weighted by molar-refractivity contribution is -0.119. The van der Waals surface area contributed by atoms with Crippen LogP contribution in [0, 0.1) is 0 Å². The summed E-state index contributed by atoms with van der Waals surface area (Å²) in [4.78, 5) is 13.7. The van der Waals surface area contributed by atoms with Gasteiger partial charge in [0.25, 0.3) is 0 Å². The van der Waals surface area contributed by atoms with Gasteiger partial charge < -0.3 is 10.6 Å². The molecule has 0 saturated carbocycles. The molecule has 2 rings (SSSR count). The van der Waals surface area contributed by atoms with E-state index < -0.39 is 0 Å². The molecule has 1 unspecified atom stereocenters. The van der Waals surface area contributed by atoms with Gasteiger partial charge in [0, 0.05) is 12.2 Å². The Bertz CT molecular complexity index is 376. The first-order chi connectivity index (χ1) is 7.24. The van der Waals surface area contributed by atoms with Gasteiger partial charge in [-0.2, -0.15) is 0 Å². The zero-order chi connectivity index (χ0) is 10.8. The molecule has 0 saturated heterocycles. The van der Waals surface area contributed by atoms with E-state index in [1.165, 1.54) is 5.56 Å². The summed E-state index contributed by atoms with van der Waals surface area (Å²) in [7, 11) is 0. The average Bonchev–Trinajstić information content (AvgIpc) is 2.70. The second-order valence-corrected chi connectivity index (χ2v) is 3.88. The van der Waals surface area contributed by atoms with Crippen LogP contribution in [0.2, 0.25) is 0 Å². The molecule has 0 aromatic heterocycles. The molecule has 80 valence electrons. The maximum atomic E-state index is 11.9. The second-order valence-electron chi connectivity index (χ2n) is 3.88. The fraction of sp³-hybridized carbons (Fsp3) is 0.417. The molecule has 1 heterocycles. The van der Waals surface area contributed by atoms with Crippen LogP contribution in [0.4, 0.5) is 5.69 Å². The molecule has 0 spiro atoms. The van der Waals surface area contributed by atoms with Crippen molar-refractivity contribution in [3.8, 4) is 0 Å². The molecule has 1 amide bonds. The molecule has 2 N–H and O–H groups in total. The van der Waals surface area contributed by atoms with Crippen LogP contribution in [0.5, 0.6) is 0 Å². The summed E-state index contributed by atoms with van der Waals surface area (Å²) in [5, 5.41) is 0. The summed E-state index contributed by atoms with van der Waals surface area (Å²) < 4.78 is 0. The van der Waals surface area contributed by atoms with E-state index in [2.05, 4.69) is 6.07 Å². The molecular weight excluding hydrogens is 188 g/mol. The van der Waals surface area contributed by atoms with Crippen molar-refractivity contribution in [3.05, 3.63) is 29.8 Å². The molecule has 1 aromatic carbocycles. The largest absolute Gasteiger partial charge is 0.320 e. The van der Waals surface area contributed by atoms with Crippen molar-refractivity contribution in [2.45, 2.75) is 25.8 Å². The summed E-state index contributed by atoms with van der Waals surface area (Å²) in [5.41, 5.74) is 8.04. The van der Waals surface area contributed by atoms with Crippen molar-refractivity contribution in [2.75, 3.05) is 11.4 Å². The minimum Gasteiger partial charge on any atom is -0.320 e. The Morgan fingerprint density at radius 1 is 1.53 bits per heavy atom. The highest BCUT2D eigenvalue weighted by Crippen LogP contribution is 2.27. The zero-order valence-corrected chi connectivity index (χ0v) is 8.94. The number of para-hydroxylation sites is 1. The van der Waals surface area contributed by atoms with Crippen LogP contribution in [0.3, 0.4) is 0 Å². The first kappa shape index (κ1) is 10.2. The summed E-state index contributed by atoms with van der Waals surface area (Å²) in [5.74, 6) is 0.0439. The Kier molecular flexibility index (Phi) is 2.73. The van der Waals surface area contributed by atoms with Gasteiger partial charge in [-0.3, -0.25) is 4.79 Å². The monoisotopic (exact) mass is 204 g/mol. The zero-order valence-electron chi connectivity index (χ0n) is 8.94. The van der Waals surface area contributed by atoms with Crippen LogP contribution in [0.1, 0.15) is 18.9 Å². The molecule has 0 fully saturated rings. The van der Waals surface area contributed by atoms with E-state index in [1.807, 2.05) is 30.0 Å². The van der Waals surface area contributed by atoms with Crippen LogP contribution in [0.15, 0.2) is 24.3 Å². The van der Waals surface area contributed by atoms with Crippen molar-refractivity contribution >= 4 is 11.6 Å². The van der Waals surface area contributed by atoms with E-state index in [9.17, 15) is 4.79 Å². The summed E-state index contributed by atoms with van der Waals surface area (Å²) in [6, 6.07) is 7.66.